The number of aliphatic imine (C=N–C) groups is 1. The number of amidine groups is 1. The quantitative estimate of drug-likeness (QED) is 0.821. The maximum absolute atomic E-state index is 11.9. The van der Waals surface area contributed by atoms with Gasteiger partial charge in [0.2, 0.25) is 0 Å². The van der Waals surface area contributed by atoms with Crippen LogP contribution in [0, 0.1) is 0 Å². The average Bonchev–Trinajstić information content (AvgIpc) is 2.69. The molecule has 1 heterocycles. The highest BCUT2D eigenvalue weighted by Crippen LogP contribution is 2.22. The second-order valence-electron chi connectivity index (χ2n) is 4.51. The summed E-state index contributed by atoms with van der Waals surface area (Å²) in [5.74, 6) is 0.378. The average molecular weight is 287 g/mol. The zero-order valence-corrected chi connectivity index (χ0v) is 11.4. The second kappa shape index (κ2) is 4.64. The highest BCUT2D eigenvalue weighted by Gasteiger charge is 2.29. The van der Waals surface area contributed by atoms with Crippen molar-refractivity contribution in [3.05, 3.63) is 59.7 Å². The Morgan fingerprint density at radius 1 is 1.10 bits per heavy atom. The molecule has 0 fully saturated rings. The molecule has 0 bridgehead atoms. The van der Waals surface area contributed by atoms with Crippen molar-refractivity contribution in [3.8, 4) is 0 Å². The van der Waals surface area contributed by atoms with E-state index < -0.39 is 10.0 Å². The number of anilines is 1. The van der Waals surface area contributed by atoms with Gasteiger partial charge in [-0.05, 0) is 29.8 Å². The van der Waals surface area contributed by atoms with E-state index in [1.807, 2.05) is 18.2 Å². The number of benzene rings is 2. The van der Waals surface area contributed by atoms with E-state index in [0.29, 0.717) is 23.6 Å². The molecule has 2 aromatic carbocycles. The number of hydrogen-bond donors (Lipinski definition) is 2. The molecule has 1 aliphatic heterocycles. The lowest BCUT2D eigenvalue weighted by Crippen LogP contribution is -2.22. The van der Waals surface area contributed by atoms with Gasteiger partial charge in [-0.2, -0.15) is 0 Å². The molecule has 0 aliphatic carbocycles. The molecule has 5 nitrogen and oxygen atoms in total. The van der Waals surface area contributed by atoms with Crippen LogP contribution in [0.15, 0.2) is 58.4 Å². The van der Waals surface area contributed by atoms with Crippen LogP contribution in [-0.4, -0.2) is 14.3 Å². The molecule has 0 saturated carbocycles. The number of nitrogens with zero attached hydrogens (tertiary/aromatic N) is 1. The van der Waals surface area contributed by atoms with Crippen molar-refractivity contribution >= 4 is 21.5 Å². The first-order chi connectivity index (χ1) is 9.56. The van der Waals surface area contributed by atoms with Gasteiger partial charge in [0.05, 0.1) is 11.4 Å². The van der Waals surface area contributed by atoms with Gasteiger partial charge in [0.1, 0.15) is 5.84 Å². The molecule has 0 radical (unpaired) electrons. The van der Waals surface area contributed by atoms with Crippen LogP contribution in [0.1, 0.15) is 11.1 Å². The normalized spacial score (nSPS) is 17.7. The highest BCUT2D eigenvalue weighted by molar-refractivity contribution is 7.90. The lowest BCUT2D eigenvalue weighted by Gasteiger charge is -2.01. The zero-order chi connectivity index (χ0) is 14.2. The zero-order valence-electron chi connectivity index (χ0n) is 10.6. The number of nitrogens with one attached hydrogen (secondary N) is 1. The van der Waals surface area contributed by atoms with Crippen molar-refractivity contribution in [1.29, 1.82) is 0 Å². The minimum absolute atomic E-state index is 0.270. The van der Waals surface area contributed by atoms with Crippen molar-refractivity contribution in [3.63, 3.8) is 0 Å². The Labute approximate surface area is 117 Å². The van der Waals surface area contributed by atoms with Crippen LogP contribution in [0.2, 0.25) is 0 Å². The molecule has 102 valence electrons. The third-order valence-electron chi connectivity index (χ3n) is 3.03. The topological polar surface area (TPSA) is 84.5 Å². The van der Waals surface area contributed by atoms with Crippen LogP contribution in [0.3, 0.4) is 0 Å². The fourth-order valence-corrected chi connectivity index (χ4v) is 3.36. The summed E-state index contributed by atoms with van der Waals surface area (Å²) < 4.78 is 26.3. The Hall–Kier alpha value is -2.34. The third kappa shape index (κ3) is 2.25. The number of rotatable bonds is 2. The van der Waals surface area contributed by atoms with Gasteiger partial charge in [-0.15, -0.1) is 0 Å². The monoisotopic (exact) mass is 287 g/mol. The van der Waals surface area contributed by atoms with E-state index in [4.69, 9.17) is 5.73 Å². The number of sulfonamides is 1. The first kappa shape index (κ1) is 12.7. The Balaban J connectivity index is 1.95. The first-order valence-electron chi connectivity index (χ1n) is 6.07. The van der Waals surface area contributed by atoms with Gasteiger partial charge in [-0.25, -0.2) is 8.42 Å². The van der Waals surface area contributed by atoms with Gasteiger partial charge in [0.25, 0.3) is 10.0 Å². The number of hydrogen-bond acceptors (Lipinski definition) is 4. The van der Waals surface area contributed by atoms with Crippen LogP contribution in [0.4, 0.5) is 5.69 Å². The van der Waals surface area contributed by atoms with Gasteiger partial charge in [-0.3, -0.25) is 9.71 Å². The third-order valence-corrected chi connectivity index (χ3v) is 4.43. The molecule has 0 saturated heterocycles. The fraction of sp³-hybridized carbons (Fsp3) is 0.0714. The van der Waals surface area contributed by atoms with E-state index in [1.165, 1.54) is 0 Å². The fourth-order valence-electron chi connectivity index (χ4n) is 2.11. The second-order valence-corrected chi connectivity index (χ2v) is 6.16. The van der Waals surface area contributed by atoms with Crippen molar-refractivity contribution < 1.29 is 8.42 Å². The van der Waals surface area contributed by atoms with Crippen LogP contribution in [-0.2, 0) is 16.6 Å². The van der Waals surface area contributed by atoms with E-state index in [0.717, 1.165) is 5.56 Å². The summed E-state index contributed by atoms with van der Waals surface area (Å²) >= 11 is 0. The van der Waals surface area contributed by atoms with Crippen LogP contribution < -0.4 is 10.5 Å². The maximum atomic E-state index is 11.9. The Kier molecular flexibility index (Phi) is 2.94. The van der Waals surface area contributed by atoms with E-state index in [2.05, 4.69) is 9.71 Å². The van der Waals surface area contributed by atoms with Gasteiger partial charge in [0.15, 0.2) is 0 Å². The Morgan fingerprint density at radius 3 is 2.70 bits per heavy atom. The van der Waals surface area contributed by atoms with E-state index in [1.54, 1.807) is 30.3 Å². The maximum Gasteiger partial charge on any atom is 0.263 e. The molecular weight excluding hydrogens is 274 g/mol. The largest absolute Gasteiger partial charge is 0.399 e. The van der Waals surface area contributed by atoms with Crippen molar-refractivity contribution in [2.24, 2.45) is 4.99 Å². The molecule has 0 amide bonds. The minimum Gasteiger partial charge on any atom is -0.399 e. The lowest BCUT2D eigenvalue weighted by atomic mass is 10.2. The van der Waals surface area contributed by atoms with E-state index in [-0.39, 0.29) is 4.90 Å². The van der Waals surface area contributed by atoms with Gasteiger partial charge >= 0.3 is 0 Å². The smallest absolute Gasteiger partial charge is 0.263 e. The number of fused-ring (bicyclic) bond motifs is 1. The first-order valence-corrected chi connectivity index (χ1v) is 7.56. The number of nitrogens with two attached hydrogens (primary N) is 1. The van der Waals surface area contributed by atoms with E-state index >= 15 is 0 Å². The summed E-state index contributed by atoms with van der Waals surface area (Å²) in [5.41, 5.74) is 7.90. The van der Waals surface area contributed by atoms with Crippen molar-refractivity contribution in [2.45, 2.75) is 11.4 Å². The van der Waals surface area contributed by atoms with Crippen molar-refractivity contribution in [1.82, 2.24) is 4.72 Å². The molecule has 6 heteroatoms. The molecule has 2 aromatic rings. The van der Waals surface area contributed by atoms with Crippen LogP contribution in [0.25, 0.3) is 0 Å². The summed E-state index contributed by atoms with van der Waals surface area (Å²) in [6.45, 7) is 0.372. The molecule has 0 atom stereocenters. The molecule has 0 unspecified atom stereocenters. The summed E-state index contributed by atoms with van der Waals surface area (Å²) in [7, 11) is -3.47. The highest BCUT2D eigenvalue weighted by atomic mass is 32.2. The summed E-state index contributed by atoms with van der Waals surface area (Å²) in [4.78, 5) is 4.61. The molecule has 3 rings (SSSR count). The molecule has 0 spiro atoms. The van der Waals surface area contributed by atoms with Crippen LogP contribution >= 0.6 is 0 Å². The summed E-state index contributed by atoms with van der Waals surface area (Å²) in [6.07, 6.45) is 0. The Bertz CT molecular complexity index is 798. The van der Waals surface area contributed by atoms with Crippen molar-refractivity contribution in [2.75, 3.05) is 5.73 Å². The molecular formula is C14H13N3O2S. The standard InChI is InChI=1S/C14H13N3O2S/c15-11-5-3-4-10(8-11)9-16-14-12-6-1-2-7-13(12)20(18,19)17-14/h1-8H,9,15H2,(H,16,17). The summed E-state index contributed by atoms with van der Waals surface area (Å²) in [6, 6.07) is 14.2. The molecule has 20 heavy (non-hydrogen) atoms. The van der Waals surface area contributed by atoms with Gasteiger partial charge < -0.3 is 5.73 Å². The SMILES string of the molecule is Nc1cccc(CN=C2NS(=O)(=O)c3ccccc32)c1. The predicted octanol–water partition coefficient (Wildman–Crippen LogP) is 1.51. The predicted molar refractivity (Wildman–Crippen MR) is 77.9 cm³/mol. The van der Waals surface area contributed by atoms with E-state index in [9.17, 15) is 8.42 Å². The van der Waals surface area contributed by atoms with Gasteiger partial charge in [-0.1, -0.05) is 24.3 Å². The molecule has 3 N–H and O–H groups in total. The Morgan fingerprint density at radius 2 is 1.90 bits per heavy atom. The van der Waals surface area contributed by atoms with Crippen LogP contribution in [0.5, 0.6) is 0 Å². The number of nitrogen functional groups attached to an aromatic ring is 1. The minimum atomic E-state index is -3.47. The summed E-state index contributed by atoms with van der Waals surface area (Å²) in [5, 5.41) is 0. The molecule has 0 aromatic heterocycles. The van der Waals surface area contributed by atoms with Gasteiger partial charge in [0, 0.05) is 11.3 Å². The lowest BCUT2D eigenvalue weighted by molar-refractivity contribution is 0.595. The molecule has 1 aliphatic rings.